The second kappa shape index (κ2) is 12.5. The van der Waals surface area contributed by atoms with Gasteiger partial charge in [0.2, 0.25) is 0 Å². The van der Waals surface area contributed by atoms with Crippen molar-refractivity contribution in [3.63, 3.8) is 0 Å². The molecule has 6 nitrogen and oxygen atoms in total. The van der Waals surface area contributed by atoms with E-state index >= 15 is 0 Å². The number of nitrogens with zero attached hydrogens (tertiary/aromatic N) is 3. The van der Waals surface area contributed by atoms with E-state index in [4.69, 9.17) is 14.5 Å². The summed E-state index contributed by atoms with van der Waals surface area (Å²) in [5.74, 6) is 1.35. The summed E-state index contributed by atoms with van der Waals surface area (Å²) >= 11 is 0. The molecule has 0 amide bonds. The van der Waals surface area contributed by atoms with Gasteiger partial charge in [-0.05, 0) is 31.0 Å². The van der Waals surface area contributed by atoms with Crippen LogP contribution in [0.3, 0.4) is 0 Å². The first-order valence-corrected chi connectivity index (χ1v) is 10.0. The Kier molecular flexibility index (Phi) is 10.4. The monoisotopic (exact) mass is 524 g/mol. The average molecular weight is 524 g/mol. The van der Waals surface area contributed by atoms with E-state index in [9.17, 15) is 8.78 Å². The van der Waals surface area contributed by atoms with Crippen molar-refractivity contribution < 1.29 is 18.3 Å². The summed E-state index contributed by atoms with van der Waals surface area (Å²) in [4.78, 5) is 9.58. The molecule has 0 spiro atoms. The lowest BCUT2D eigenvalue weighted by Crippen LogP contribution is -2.46. The lowest BCUT2D eigenvalue weighted by atomic mass is 10.2. The molecule has 2 fully saturated rings. The van der Waals surface area contributed by atoms with E-state index in [-0.39, 0.29) is 24.0 Å². The van der Waals surface area contributed by atoms with E-state index in [1.807, 2.05) is 12.1 Å². The molecule has 1 N–H and O–H groups in total. The van der Waals surface area contributed by atoms with E-state index in [1.54, 1.807) is 12.1 Å². The first kappa shape index (κ1) is 24.1. The van der Waals surface area contributed by atoms with Gasteiger partial charge < -0.3 is 19.7 Å². The molecule has 1 unspecified atom stereocenters. The number of ether oxygens (including phenoxy) is 2. The van der Waals surface area contributed by atoms with Crippen molar-refractivity contribution in [2.45, 2.75) is 32.4 Å². The Balaban J connectivity index is 0.00000300. The van der Waals surface area contributed by atoms with Crippen molar-refractivity contribution >= 4 is 29.9 Å². The predicted octanol–water partition coefficient (Wildman–Crippen LogP) is 2.82. The molecule has 0 radical (unpaired) electrons. The highest BCUT2D eigenvalue weighted by atomic mass is 127. The quantitative estimate of drug-likeness (QED) is 0.338. The highest BCUT2D eigenvalue weighted by Gasteiger charge is 2.30. The Hall–Kier alpha value is -1.20. The fraction of sp³-hybridized carbons (Fsp3) is 0.650. The van der Waals surface area contributed by atoms with Gasteiger partial charge in [0.05, 0.1) is 19.8 Å². The van der Waals surface area contributed by atoms with Crippen LogP contribution >= 0.6 is 24.0 Å². The maximum Gasteiger partial charge on any atom is 0.272 e. The molecule has 0 saturated carbocycles. The maximum absolute atomic E-state index is 12.3. The van der Waals surface area contributed by atoms with Gasteiger partial charge in [0, 0.05) is 38.8 Å². The van der Waals surface area contributed by atoms with Crippen LogP contribution in [0.2, 0.25) is 0 Å². The third kappa shape index (κ3) is 7.53. The Morgan fingerprint density at radius 2 is 2.10 bits per heavy atom. The van der Waals surface area contributed by atoms with Gasteiger partial charge in [0.15, 0.2) is 5.96 Å². The van der Waals surface area contributed by atoms with Crippen LogP contribution in [0, 0.1) is 0 Å². The van der Waals surface area contributed by atoms with Crippen LogP contribution in [0.15, 0.2) is 29.3 Å². The molecule has 1 atom stereocenters. The van der Waals surface area contributed by atoms with E-state index in [0.717, 1.165) is 63.9 Å². The lowest BCUT2D eigenvalue weighted by Gasteiger charge is -2.32. The van der Waals surface area contributed by atoms with E-state index < -0.39 is 13.0 Å². The summed E-state index contributed by atoms with van der Waals surface area (Å²) in [7, 11) is 0. The van der Waals surface area contributed by atoms with Gasteiger partial charge in [0.1, 0.15) is 12.4 Å². The highest BCUT2D eigenvalue weighted by Crippen LogP contribution is 2.18. The van der Waals surface area contributed by atoms with Crippen molar-refractivity contribution in [2.24, 2.45) is 4.99 Å². The molecule has 2 heterocycles. The summed E-state index contributed by atoms with van der Waals surface area (Å²) in [5, 5.41) is 3.38. The molecule has 9 heteroatoms. The number of aliphatic imine (C=N–C) groups is 1. The van der Waals surface area contributed by atoms with Gasteiger partial charge in [-0.2, -0.15) is 0 Å². The lowest BCUT2D eigenvalue weighted by molar-refractivity contribution is 0.0195. The number of hydrogen-bond acceptors (Lipinski definition) is 4. The molecule has 0 aliphatic carbocycles. The van der Waals surface area contributed by atoms with Gasteiger partial charge in [-0.1, -0.05) is 12.1 Å². The van der Waals surface area contributed by atoms with Gasteiger partial charge in [-0.25, -0.2) is 13.8 Å². The van der Waals surface area contributed by atoms with Gasteiger partial charge in [-0.15, -0.1) is 24.0 Å². The summed E-state index contributed by atoms with van der Waals surface area (Å²) in [6.07, 6.45) is -1.35. The van der Waals surface area contributed by atoms with Crippen LogP contribution in [0.5, 0.6) is 5.75 Å². The molecular formula is C20H31F2IN4O2. The minimum Gasteiger partial charge on any atom is -0.488 e. The summed E-state index contributed by atoms with van der Waals surface area (Å²) < 4.78 is 35.2. The molecular weight excluding hydrogens is 493 g/mol. The van der Waals surface area contributed by atoms with Crippen LogP contribution in [-0.2, 0) is 11.3 Å². The van der Waals surface area contributed by atoms with Crippen molar-refractivity contribution in [3.05, 3.63) is 29.8 Å². The number of likely N-dealkylation sites (tertiary alicyclic amines) is 1. The maximum atomic E-state index is 12.3. The minimum absolute atomic E-state index is 0. The molecule has 2 aliphatic rings. The topological polar surface area (TPSA) is 49.3 Å². The second-order valence-electron chi connectivity index (χ2n) is 7.06. The number of hydrogen-bond donors (Lipinski definition) is 1. The number of guanidine groups is 1. The van der Waals surface area contributed by atoms with Crippen molar-refractivity contribution in [3.8, 4) is 5.75 Å². The normalized spacial score (nSPS) is 20.6. The molecule has 0 aromatic heterocycles. The number of alkyl halides is 2. The number of benzene rings is 1. The Labute approximate surface area is 188 Å². The number of halogens is 3. The molecule has 1 aromatic carbocycles. The fourth-order valence-electron chi connectivity index (χ4n) is 3.66. The van der Waals surface area contributed by atoms with Crippen molar-refractivity contribution in [2.75, 3.05) is 52.5 Å². The second-order valence-corrected chi connectivity index (χ2v) is 7.06. The molecule has 0 bridgehead atoms. The van der Waals surface area contributed by atoms with Gasteiger partial charge in [0.25, 0.3) is 6.43 Å². The average Bonchev–Trinajstić information content (AvgIpc) is 3.21. The van der Waals surface area contributed by atoms with Crippen LogP contribution in [0.25, 0.3) is 0 Å². The zero-order chi connectivity index (χ0) is 19.8. The zero-order valence-electron chi connectivity index (χ0n) is 16.9. The molecule has 29 heavy (non-hydrogen) atoms. The standard InChI is InChI=1S/C20H30F2N4O2.HI/c1-2-23-20(26-7-6-17(14-26)25-8-10-27-11-9-25)24-13-16-4-3-5-18(12-16)28-15-19(21)22;/h3-5,12,17,19H,2,6-11,13-15H2,1H3,(H,23,24);1H. The van der Waals surface area contributed by atoms with Crippen molar-refractivity contribution in [1.29, 1.82) is 0 Å². The number of morpholine rings is 1. The van der Waals surface area contributed by atoms with E-state index in [2.05, 4.69) is 22.0 Å². The summed E-state index contributed by atoms with van der Waals surface area (Å²) in [5.41, 5.74) is 0.936. The molecule has 2 saturated heterocycles. The number of rotatable bonds is 7. The SMILES string of the molecule is CCNC(=NCc1cccc(OCC(F)F)c1)N1CCC(N2CCOCC2)C1.I. The van der Waals surface area contributed by atoms with Crippen molar-refractivity contribution in [1.82, 2.24) is 15.1 Å². The largest absolute Gasteiger partial charge is 0.488 e. The Bertz CT molecular complexity index is 645. The van der Waals surface area contributed by atoms with Crippen LogP contribution in [-0.4, -0.2) is 80.8 Å². The van der Waals surface area contributed by atoms with E-state index in [1.165, 1.54) is 0 Å². The fourth-order valence-corrected chi connectivity index (χ4v) is 3.66. The minimum atomic E-state index is -2.48. The Morgan fingerprint density at radius 1 is 1.31 bits per heavy atom. The third-order valence-corrected chi connectivity index (χ3v) is 5.05. The first-order chi connectivity index (χ1) is 13.7. The third-order valence-electron chi connectivity index (χ3n) is 5.05. The van der Waals surface area contributed by atoms with Crippen LogP contribution < -0.4 is 10.1 Å². The number of nitrogens with one attached hydrogen (secondary N) is 1. The molecule has 2 aliphatic heterocycles. The smallest absolute Gasteiger partial charge is 0.272 e. The predicted molar refractivity (Wildman–Crippen MR) is 121 cm³/mol. The van der Waals surface area contributed by atoms with Gasteiger partial charge in [-0.3, -0.25) is 4.90 Å². The molecule has 3 rings (SSSR count). The molecule has 1 aromatic rings. The van der Waals surface area contributed by atoms with E-state index in [0.29, 0.717) is 18.3 Å². The van der Waals surface area contributed by atoms with Gasteiger partial charge >= 0.3 is 0 Å². The summed E-state index contributed by atoms with van der Waals surface area (Å²) in [6, 6.07) is 7.74. The highest BCUT2D eigenvalue weighted by molar-refractivity contribution is 14.0. The van der Waals surface area contributed by atoms with Crippen LogP contribution in [0.1, 0.15) is 18.9 Å². The first-order valence-electron chi connectivity index (χ1n) is 10.0. The summed E-state index contributed by atoms with van der Waals surface area (Å²) in [6.45, 7) is 8.31. The molecule has 164 valence electrons. The van der Waals surface area contributed by atoms with Crippen LogP contribution in [0.4, 0.5) is 8.78 Å². The Morgan fingerprint density at radius 3 is 2.83 bits per heavy atom. The zero-order valence-corrected chi connectivity index (χ0v) is 19.2.